The van der Waals surface area contributed by atoms with Gasteiger partial charge in [-0.05, 0) is 24.1 Å². The third kappa shape index (κ3) is 5.75. The fraction of sp³-hybridized carbons (Fsp3) is 0.429. The van der Waals surface area contributed by atoms with Gasteiger partial charge in [0, 0.05) is 32.1 Å². The Balaban J connectivity index is 2.52. The number of carbonyl (C=O) groups excluding carboxylic acids is 2. The lowest BCUT2D eigenvalue weighted by Gasteiger charge is -2.10. The molecule has 2 amide bonds. The highest BCUT2D eigenvalue weighted by Crippen LogP contribution is 2.11. The molecular formula is C14H19ClN2O2. The predicted octanol–water partition coefficient (Wildman–Crippen LogP) is 2.27. The average molecular weight is 283 g/mol. The van der Waals surface area contributed by atoms with E-state index in [0.717, 1.165) is 11.3 Å². The van der Waals surface area contributed by atoms with E-state index in [9.17, 15) is 9.59 Å². The molecule has 1 aromatic rings. The Morgan fingerprint density at radius 2 is 1.84 bits per heavy atom. The number of nitrogens with one attached hydrogen (secondary N) is 1. The van der Waals surface area contributed by atoms with Gasteiger partial charge in [0.1, 0.15) is 0 Å². The molecular weight excluding hydrogens is 264 g/mol. The van der Waals surface area contributed by atoms with Gasteiger partial charge < -0.3 is 10.2 Å². The second-order valence-electron chi connectivity index (χ2n) is 4.50. The fourth-order valence-electron chi connectivity index (χ4n) is 1.49. The van der Waals surface area contributed by atoms with E-state index in [1.165, 1.54) is 0 Å². The molecule has 1 aromatic carbocycles. The Morgan fingerprint density at radius 1 is 1.21 bits per heavy atom. The van der Waals surface area contributed by atoms with E-state index in [2.05, 4.69) is 5.32 Å². The van der Waals surface area contributed by atoms with Crippen LogP contribution >= 0.6 is 11.6 Å². The van der Waals surface area contributed by atoms with E-state index in [0.29, 0.717) is 25.1 Å². The van der Waals surface area contributed by atoms with Gasteiger partial charge in [-0.1, -0.05) is 12.1 Å². The number of amides is 2. The van der Waals surface area contributed by atoms with E-state index in [1.807, 2.05) is 12.1 Å². The zero-order chi connectivity index (χ0) is 14.3. The molecule has 0 aromatic heterocycles. The number of halogens is 1. The minimum Gasteiger partial charge on any atom is -0.349 e. The van der Waals surface area contributed by atoms with Crippen molar-refractivity contribution in [2.75, 3.05) is 25.3 Å². The molecule has 5 heteroatoms. The molecule has 0 aliphatic heterocycles. The Kier molecular flexibility index (Phi) is 6.36. The number of anilines is 1. The first-order chi connectivity index (χ1) is 9.02. The van der Waals surface area contributed by atoms with Gasteiger partial charge in [0.05, 0.1) is 6.42 Å². The maximum Gasteiger partial charge on any atom is 0.226 e. The summed E-state index contributed by atoms with van der Waals surface area (Å²) < 4.78 is 0. The van der Waals surface area contributed by atoms with Crippen LogP contribution in [0.1, 0.15) is 18.4 Å². The third-order valence-electron chi connectivity index (χ3n) is 2.63. The quantitative estimate of drug-likeness (QED) is 0.814. The Hall–Kier alpha value is -1.55. The molecule has 19 heavy (non-hydrogen) atoms. The van der Waals surface area contributed by atoms with E-state index in [1.54, 1.807) is 31.1 Å². The molecule has 0 radical (unpaired) electrons. The summed E-state index contributed by atoms with van der Waals surface area (Å²) in [6, 6.07) is 7.30. The van der Waals surface area contributed by atoms with Gasteiger partial charge in [0.15, 0.2) is 0 Å². The summed E-state index contributed by atoms with van der Waals surface area (Å²) in [6.45, 7) is 0. The Labute approximate surface area is 118 Å². The van der Waals surface area contributed by atoms with Crippen molar-refractivity contribution >= 4 is 29.1 Å². The minimum atomic E-state index is -0.0437. The van der Waals surface area contributed by atoms with Crippen molar-refractivity contribution in [1.82, 2.24) is 4.90 Å². The molecule has 0 bridgehead atoms. The Morgan fingerprint density at radius 3 is 2.37 bits per heavy atom. The molecule has 0 heterocycles. The standard InChI is InChI=1S/C14H19ClN2O2/c1-17(2)14(19)10-11-5-7-12(8-6-11)16-13(18)4-3-9-15/h5-8H,3-4,9-10H2,1-2H3,(H,16,18). The van der Waals surface area contributed by atoms with Gasteiger partial charge in [-0.2, -0.15) is 0 Å². The summed E-state index contributed by atoms with van der Waals surface area (Å²) in [7, 11) is 3.46. The van der Waals surface area contributed by atoms with Gasteiger partial charge in [0.25, 0.3) is 0 Å². The van der Waals surface area contributed by atoms with E-state index < -0.39 is 0 Å². The number of hydrogen-bond acceptors (Lipinski definition) is 2. The van der Waals surface area contributed by atoms with Crippen molar-refractivity contribution in [3.8, 4) is 0 Å². The highest BCUT2D eigenvalue weighted by molar-refractivity contribution is 6.18. The molecule has 0 fully saturated rings. The van der Waals surface area contributed by atoms with Crippen molar-refractivity contribution in [2.24, 2.45) is 0 Å². The molecule has 0 saturated heterocycles. The maximum atomic E-state index is 11.5. The molecule has 0 unspecified atom stereocenters. The zero-order valence-electron chi connectivity index (χ0n) is 11.3. The lowest BCUT2D eigenvalue weighted by Crippen LogP contribution is -2.23. The molecule has 0 aliphatic carbocycles. The van der Waals surface area contributed by atoms with Gasteiger partial charge in [0.2, 0.25) is 11.8 Å². The van der Waals surface area contributed by atoms with Crippen molar-refractivity contribution in [2.45, 2.75) is 19.3 Å². The molecule has 0 aliphatic rings. The first-order valence-corrected chi connectivity index (χ1v) is 6.71. The summed E-state index contributed by atoms with van der Waals surface area (Å²) >= 11 is 5.53. The molecule has 104 valence electrons. The number of benzene rings is 1. The van der Waals surface area contributed by atoms with E-state index >= 15 is 0 Å². The minimum absolute atomic E-state index is 0.0437. The second-order valence-corrected chi connectivity index (χ2v) is 4.88. The fourth-order valence-corrected chi connectivity index (χ4v) is 1.62. The number of hydrogen-bond donors (Lipinski definition) is 1. The first-order valence-electron chi connectivity index (χ1n) is 6.18. The Bertz CT molecular complexity index is 430. The number of alkyl halides is 1. The summed E-state index contributed by atoms with van der Waals surface area (Å²) in [6.07, 6.45) is 1.46. The summed E-state index contributed by atoms with van der Waals surface area (Å²) in [4.78, 5) is 24.6. The molecule has 0 atom stereocenters. The monoisotopic (exact) mass is 282 g/mol. The van der Waals surface area contributed by atoms with Crippen molar-refractivity contribution < 1.29 is 9.59 Å². The predicted molar refractivity (Wildman–Crippen MR) is 77.4 cm³/mol. The smallest absolute Gasteiger partial charge is 0.226 e. The van der Waals surface area contributed by atoms with Crippen LogP contribution in [0.5, 0.6) is 0 Å². The number of likely N-dealkylation sites (N-methyl/N-ethyl adjacent to an activating group) is 1. The van der Waals surface area contributed by atoms with Crippen LogP contribution in [0.25, 0.3) is 0 Å². The van der Waals surface area contributed by atoms with Gasteiger partial charge in [-0.15, -0.1) is 11.6 Å². The number of carbonyl (C=O) groups is 2. The molecule has 0 saturated carbocycles. The molecule has 1 N–H and O–H groups in total. The normalized spacial score (nSPS) is 10.1. The maximum absolute atomic E-state index is 11.5. The van der Waals surface area contributed by atoms with Crippen molar-refractivity contribution in [1.29, 1.82) is 0 Å². The number of nitrogens with zero attached hydrogens (tertiary/aromatic N) is 1. The van der Waals surface area contributed by atoms with Crippen LogP contribution in [0.15, 0.2) is 24.3 Å². The van der Waals surface area contributed by atoms with Gasteiger partial charge >= 0.3 is 0 Å². The second kappa shape index (κ2) is 7.79. The van der Waals surface area contributed by atoms with Gasteiger partial charge in [-0.3, -0.25) is 9.59 Å². The summed E-state index contributed by atoms with van der Waals surface area (Å²) in [5.41, 5.74) is 1.66. The average Bonchev–Trinajstić information content (AvgIpc) is 2.38. The highest BCUT2D eigenvalue weighted by Gasteiger charge is 2.06. The van der Waals surface area contributed by atoms with Crippen LogP contribution < -0.4 is 5.32 Å². The van der Waals surface area contributed by atoms with Gasteiger partial charge in [-0.25, -0.2) is 0 Å². The highest BCUT2D eigenvalue weighted by atomic mass is 35.5. The molecule has 4 nitrogen and oxygen atoms in total. The zero-order valence-corrected chi connectivity index (χ0v) is 12.0. The van der Waals surface area contributed by atoms with E-state index in [-0.39, 0.29) is 11.8 Å². The number of rotatable bonds is 6. The van der Waals surface area contributed by atoms with Crippen LogP contribution in [0.3, 0.4) is 0 Å². The SMILES string of the molecule is CN(C)C(=O)Cc1ccc(NC(=O)CCCCl)cc1. The van der Waals surface area contributed by atoms with Crippen LogP contribution in [0, 0.1) is 0 Å². The van der Waals surface area contributed by atoms with E-state index in [4.69, 9.17) is 11.6 Å². The molecule has 0 spiro atoms. The summed E-state index contributed by atoms with van der Waals surface area (Å²) in [5, 5.41) is 2.79. The largest absolute Gasteiger partial charge is 0.349 e. The lowest BCUT2D eigenvalue weighted by molar-refractivity contribution is -0.128. The third-order valence-corrected chi connectivity index (χ3v) is 2.90. The first kappa shape index (κ1) is 15.5. The van der Waals surface area contributed by atoms with Crippen molar-refractivity contribution in [3.05, 3.63) is 29.8 Å². The van der Waals surface area contributed by atoms with Crippen LogP contribution in [-0.4, -0.2) is 36.7 Å². The topological polar surface area (TPSA) is 49.4 Å². The summed E-state index contributed by atoms with van der Waals surface area (Å²) in [5.74, 6) is 0.496. The van der Waals surface area contributed by atoms with Crippen LogP contribution in [0.2, 0.25) is 0 Å². The van der Waals surface area contributed by atoms with Crippen molar-refractivity contribution in [3.63, 3.8) is 0 Å². The van der Waals surface area contributed by atoms with Crippen LogP contribution in [0.4, 0.5) is 5.69 Å². The molecule has 1 rings (SSSR count). The van der Waals surface area contributed by atoms with Crippen LogP contribution in [-0.2, 0) is 16.0 Å². The lowest BCUT2D eigenvalue weighted by atomic mass is 10.1.